The number of allylic oxidation sites excluding steroid dienone is 2. The van der Waals surface area contributed by atoms with Gasteiger partial charge in [0.2, 0.25) is 17.7 Å². The monoisotopic (exact) mass is 299 g/mol. The Morgan fingerprint density at radius 3 is 2.32 bits per heavy atom. The van der Waals surface area contributed by atoms with E-state index in [9.17, 15) is 14.4 Å². The quantitative estimate of drug-likeness (QED) is 0.672. The number of anilines is 1. The van der Waals surface area contributed by atoms with Crippen molar-refractivity contribution < 1.29 is 14.4 Å². The third-order valence-electron chi connectivity index (χ3n) is 4.13. The number of amides is 3. The Bertz CT molecular complexity index is 601. The molecule has 114 valence electrons. The molecule has 1 aliphatic carbocycles. The summed E-state index contributed by atoms with van der Waals surface area (Å²) in [6, 6.07) is 3.37. The van der Waals surface area contributed by atoms with Gasteiger partial charge in [0.25, 0.3) is 0 Å². The van der Waals surface area contributed by atoms with E-state index in [4.69, 9.17) is 0 Å². The summed E-state index contributed by atoms with van der Waals surface area (Å²) >= 11 is 0. The molecule has 3 rings (SSSR count). The zero-order chi connectivity index (χ0) is 15.5. The number of hydrogen-bond acceptors (Lipinski definition) is 4. The summed E-state index contributed by atoms with van der Waals surface area (Å²) in [5.41, 5.74) is 0.650. The molecular formula is C16H17N3O3. The van der Waals surface area contributed by atoms with Gasteiger partial charge in [-0.2, -0.15) is 0 Å². The first-order valence-electron chi connectivity index (χ1n) is 7.37. The molecule has 1 fully saturated rings. The lowest BCUT2D eigenvalue weighted by Gasteiger charge is -2.14. The highest BCUT2D eigenvalue weighted by Gasteiger charge is 2.46. The van der Waals surface area contributed by atoms with E-state index in [1.807, 2.05) is 12.2 Å². The summed E-state index contributed by atoms with van der Waals surface area (Å²) in [7, 11) is 0. The number of imide groups is 1. The van der Waals surface area contributed by atoms with E-state index in [0.717, 1.165) is 0 Å². The first-order valence-corrected chi connectivity index (χ1v) is 7.37. The Morgan fingerprint density at radius 2 is 1.73 bits per heavy atom. The molecule has 0 aromatic carbocycles. The fourth-order valence-corrected chi connectivity index (χ4v) is 2.96. The van der Waals surface area contributed by atoms with Crippen molar-refractivity contribution in [2.24, 2.45) is 11.8 Å². The predicted molar refractivity (Wildman–Crippen MR) is 79.6 cm³/mol. The largest absolute Gasteiger partial charge is 0.326 e. The predicted octanol–water partition coefficient (Wildman–Crippen LogP) is 1.36. The fourth-order valence-electron chi connectivity index (χ4n) is 2.96. The van der Waals surface area contributed by atoms with Crippen LogP contribution < -0.4 is 5.32 Å². The van der Waals surface area contributed by atoms with Crippen molar-refractivity contribution in [2.45, 2.75) is 19.3 Å². The van der Waals surface area contributed by atoms with Crippen LogP contribution in [-0.2, 0) is 14.4 Å². The number of likely N-dealkylation sites (tertiary alicyclic amines) is 1. The molecule has 1 aromatic heterocycles. The Balaban J connectivity index is 1.56. The van der Waals surface area contributed by atoms with Gasteiger partial charge in [-0.15, -0.1) is 0 Å². The molecule has 2 atom stereocenters. The molecular weight excluding hydrogens is 282 g/mol. The summed E-state index contributed by atoms with van der Waals surface area (Å²) in [4.78, 5) is 41.5. The minimum atomic E-state index is -0.235. The molecule has 0 unspecified atom stereocenters. The molecule has 1 aliphatic heterocycles. The first kappa shape index (κ1) is 14.4. The highest BCUT2D eigenvalue weighted by molar-refractivity contribution is 6.05. The molecule has 22 heavy (non-hydrogen) atoms. The molecule has 0 radical (unpaired) electrons. The number of rotatable bonds is 4. The second-order valence-corrected chi connectivity index (χ2v) is 5.52. The van der Waals surface area contributed by atoms with E-state index >= 15 is 0 Å². The normalized spacial score (nSPS) is 23.5. The minimum absolute atomic E-state index is 0.104. The van der Waals surface area contributed by atoms with Gasteiger partial charge in [0, 0.05) is 31.0 Å². The molecule has 2 aliphatic rings. The number of carbonyl (C=O) groups is 3. The van der Waals surface area contributed by atoms with Gasteiger partial charge < -0.3 is 5.32 Å². The van der Waals surface area contributed by atoms with Gasteiger partial charge >= 0.3 is 0 Å². The summed E-state index contributed by atoms with van der Waals surface area (Å²) in [6.45, 7) is 0.140. The van der Waals surface area contributed by atoms with Crippen molar-refractivity contribution in [3.05, 3.63) is 36.7 Å². The molecule has 0 spiro atoms. The SMILES string of the molecule is O=C(CCN1C(=O)[C@H]2CC=CC[C@@H]2C1=O)Nc1ccncc1. The Kier molecular flexibility index (Phi) is 4.00. The van der Waals surface area contributed by atoms with Crippen LogP contribution in [0.15, 0.2) is 36.7 Å². The fraction of sp³-hybridized carbons (Fsp3) is 0.375. The molecule has 6 heteroatoms. The van der Waals surface area contributed by atoms with Gasteiger partial charge in [-0.25, -0.2) is 0 Å². The minimum Gasteiger partial charge on any atom is -0.326 e. The lowest BCUT2D eigenvalue weighted by Crippen LogP contribution is -2.34. The van der Waals surface area contributed by atoms with Crippen molar-refractivity contribution in [2.75, 3.05) is 11.9 Å². The van der Waals surface area contributed by atoms with Gasteiger partial charge in [0.1, 0.15) is 0 Å². The third kappa shape index (κ3) is 2.77. The first-order chi connectivity index (χ1) is 10.7. The Hall–Kier alpha value is -2.50. The van der Waals surface area contributed by atoms with Gasteiger partial charge in [0.15, 0.2) is 0 Å². The van der Waals surface area contributed by atoms with Crippen LogP contribution >= 0.6 is 0 Å². The molecule has 1 N–H and O–H groups in total. The summed E-state index contributed by atoms with van der Waals surface area (Å²) < 4.78 is 0. The van der Waals surface area contributed by atoms with Gasteiger partial charge in [-0.3, -0.25) is 24.3 Å². The average Bonchev–Trinajstić information content (AvgIpc) is 2.78. The van der Waals surface area contributed by atoms with Crippen LogP contribution in [-0.4, -0.2) is 34.2 Å². The number of carbonyl (C=O) groups excluding carboxylic acids is 3. The second-order valence-electron chi connectivity index (χ2n) is 5.52. The number of nitrogens with zero attached hydrogens (tertiary/aromatic N) is 2. The smallest absolute Gasteiger partial charge is 0.233 e. The number of pyridine rings is 1. The van der Waals surface area contributed by atoms with E-state index in [1.165, 1.54) is 4.90 Å². The zero-order valence-electron chi connectivity index (χ0n) is 12.1. The number of nitrogens with one attached hydrogen (secondary N) is 1. The third-order valence-corrected chi connectivity index (χ3v) is 4.13. The number of aromatic nitrogens is 1. The Morgan fingerprint density at radius 1 is 1.14 bits per heavy atom. The van der Waals surface area contributed by atoms with Crippen LogP contribution in [0.4, 0.5) is 5.69 Å². The molecule has 1 saturated heterocycles. The Labute approximate surface area is 128 Å². The highest BCUT2D eigenvalue weighted by Crippen LogP contribution is 2.34. The standard InChI is InChI=1S/C16H17N3O3/c20-14(18-11-5-8-17-9-6-11)7-10-19-15(21)12-3-1-2-4-13(12)16(19)22/h1-2,5-6,8-9,12-13H,3-4,7,10H2,(H,17,18,20)/t12-,13-/m0/s1. The maximum atomic E-state index is 12.3. The van der Waals surface area contributed by atoms with Crippen LogP contribution in [0.5, 0.6) is 0 Å². The second kappa shape index (κ2) is 6.09. The maximum Gasteiger partial charge on any atom is 0.233 e. The van der Waals surface area contributed by atoms with Gasteiger partial charge in [-0.1, -0.05) is 12.2 Å². The molecule has 3 amide bonds. The summed E-state index contributed by atoms with van der Waals surface area (Å²) in [5.74, 6) is -0.978. The van der Waals surface area contributed by atoms with Crippen LogP contribution in [0.1, 0.15) is 19.3 Å². The van der Waals surface area contributed by atoms with Gasteiger partial charge in [-0.05, 0) is 25.0 Å². The van der Waals surface area contributed by atoms with Crippen LogP contribution in [0.25, 0.3) is 0 Å². The van der Waals surface area contributed by atoms with E-state index < -0.39 is 0 Å². The molecule has 0 saturated carbocycles. The van der Waals surface area contributed by atoms with Crippen molar-refractivity contribution in [1.82, 2.24) is 9.88 Å². The van der Waals surface area contributed by atoms with Crippen molar-refractivity contribution >= 4 is 23.4 Å². The average molecular weight is 299 g/mol. The van der Waals surface area contributed by atoms with E-state index in [0.29, 0.717) is 18.5 Å². The maximum absolute atomic E-state index is 12.3. The molecule has 6 nitrogen and oxygen atoms in total. The van der Waals surface area contributed by atoms with Crippen molar-refractivity contribution in [1.29, 1.82) is 0 Å². The highest BCUT2D eigenvalue weighted by atomic mass is 16.2. The summed E-state index contributed by atoms with van der Waals surface area (Å²) in [6.07, 6.45) is 8.41. The molecule has 1 aromatic rings. The lowest BCUT2D eigenvalue weighted by molar-refractivity contribution is -0.140. The van der Waals surface area contributed by atoms with Crippen LogP contribution in [0, 0.1) is 11.8 Å². The lowest BCUT2D eigenvalue weighted by atomic mass is 9.85. The van der Waals surface area contributed by atoms with E-state index in [1.54, 1.807) is 24.5 Å². The summed E-state index contributed by atoms with van der Waals surface area (Å²) in [5, 5.41) is 2.72. The number of fused-ring (bicyclic) bond motifs is 1. The van der Waals surface area contributed by atoms with Gasteiger partial charge in [0.05, 0.1) is 11.8 Å². The van der Waals surface area contributed by atoms with Crippen molar-refractivity contribution in [3.63, 3.8) is 0 Å². The van der Waals surface area contributed by atoms with E-state index in [2.05, 4.69) is 10.3 Å². The molecule has 2 heterocycles. The van der Waals surface area contributed by atoms with E-state index in [-0.39, 0.29) is 42.5 Å². The van der Waals surface area contributed by atoms with Crippen LogP contribution in [0.2, 0.25) is 0 Å². The molecule has 0 bridgehead atoms. The van der Waals surface area contributed by atoms with Crippen molar-refractivity contribution in [3.8, 4) is 0 Å². The topological polar surface area (TPSA) is 79.4 Å². The number of hydrogen-bond donors (Lipinski definition) is 1. The zero-order valence-corrected chi connectivity index (χ0v) is 12.1. The van der Waals surface area contributed by atoms with Crippen LogP contribution in [0.3, 0.4) is 0 Å².